The Morgan fingerprint density at radius 3 is 2.54 bits per heavy atom. The Kier molecular flexibility index (Phi) is 4.39. The van der Waals surface area contributed by atoms with Crippen molar-refractivity contribution in [2.45, 2.75) is 13.8 Å². The molecule has 4 heteroatoms. The van der Waals surface area contributed by atoms with E-state index in [0.717, 1.165) is 27.6 Å². The van der Waals surface area contributed by atoms with Gasteiger partial charge in [0.25, 0.3) is 5.91 Å². The first-order chi connectivity index (χ1) is 12.5. The van der Waals surface area contributed by atoms with Crippen molar-refractivity contribution in [2.75, 3.05) is 4.90 Å². The maximum Gasteiger partial charge on any atom is 0.270 e. The largest absolute Gasteiger partial charge is 0.270 e. The third-order valence-electron chi connectivity index (χ3n) is 4.65. The predicted octanol–water partition coefficient (Wildman–Crippen LogP) is 5.86. The van der Waals surface area contributed by atoms with E-state index in [0.29, 0.717) is 9.23 Å². The average molecular weight is 376 g/mol. The van der Waals surface area contributed by atoms with Crippen molar-refractivity contribution in [1.29, 1.82) is 0 Å². The summed E-state index contributed by atoms with van der Waals surface area (Å²) in [5, 5.41) is 2.29. The van der Waals surface area contributed by atoms with Crippen molar-refractivity contribution in [1.82, 2.24) is 0 Å². The summed E-state index contributed by atoms with van der Waals surface area (Å²) in [6.45, 7) is 4.10. The Hall–Kier alpha value is -2.43. The molecule has 1 aliphatic rings. The van der Waals surface area contributed by atoms with Gasteiger partial charge in [0, 0.05) is 0 Å². The molecule has 0 bridgehead atoms. The Balaban J connectivity index is 1.75. The van der Waals surface area contributed by atoms with E-state index < -0.39 is 0 Å². The number of fused-ring (bicyclic) bond motifs is 1. The standard InChI is InChI=1S/C22H17NOS2/c1-14-10-11-18(12-15(14)2)23-21(24)20(26-22(23)25)13-17-8-5-7-16-6-3-4-9-19(16)17/h3-13H,1-2H3/b20-13-. The van der Waals surface area contributed by atoms with Crippen LogP contribution in [0.4, 0.5) is 5.69 Å². The number of carbonyl (C=O) groups is 1. The van der Waals surface area contributed by atoms with Gasteiger partial charge < -0.3 is 0 Å². The highest BCUT2D eigenvalue weighted by Gasteiger charge is 2.33. The number of thiocarbonyl (C=S) groups is 1. The number of hydrogen-bond acceptors (Lipinski definition) is 3. The van der Waals surface area contributed by atoms with E-state index in [-0.39, 0.29) is 5.91 Å². The molecule has 0 aliphatic carbocycles. The molecule has 0 aromatic heterocycles. The molecule has 0 spiro atoms. The van der Waals surface area contributed by atoms with Gasteiger partial charge in [0.1, 0.15) is 0 Å². The number of thioether (sulfide) groups is 1. The summed E-state index contributed by atoms with van der Waals surface area (Å²) in [4.78, 5) is 15.3. The van der Waals surface area contributed by atoms with Gasteiger partial charge in [0.2, 0.25) is 0 Å². The highest BCUT2D eigenvalue weighted by Crippen LogP contribution is 2.37. The number of aryl methyl sites for hydroxylation is 2. The smallest absolute Gasteiger partial charge is 0.268 e. The highest BCUT2D eigenvalue weighted by atomic mass is 32.2. The number of amides is 1. The van der Waals surface area contributed by atoms with Crippen molar-refractivity contribution in [3.05, 3.63) is 82.3 Å². The quantitative estimate of drug-likeness (QED) is 0.413. The van der Waals surface area contributed by atoms with Gasteiger partial charge in [-0.2, -0.15) is 0 Å². The van der Waals surface area contributed by atoms with Crippen LogP contribution in [0.25, 0.3) is 16.8 Å². The van der Waals surface area contributed by atoms with Crippen molar-refractivity contribution >= 4 is 56.7 Å². The number of carbonyl (C=O) groups excluding carboxylic acids is 1. The van der Waals surface area contributed by atoms with Crippen LogP contribution in [0.1, 0.15) is 16.7 Å². The number of rotatable bonds is 2. The van der Waals surface area contributed by atoms with Gasteiger partial charge in [-0.15, -0.1) is 0 Å². The number of anilines is 1. The second-order valence-corrected chi connectivity index (χ2v) is 8.03. The Labute approximate surface area is 162 Å². The van der Waals surface area contributed by atoms with Gasteiger partial charge in [-0.3, -0.25) is 9.69 Å². The topological polar surface area (TPSA) is 20.3 Å². The van der Waals surface area contributed by atoms with Gasteiger partial charge >= 0.3 is 0 Å². The highest BCUT2D eigenvalue weighted by molar-refractivity contribution is 8.27. The molecule has 1 heterocycles. The van der Waals surface area contributed by atoms with Gasteiger partial charge in [0.15, 0.2) is 4.32 Å². The molecule has 26 heavy (non-hydrogen) atoms. The lowest BCUT2D eigenvalue weighted by atomic mass is 10.0. The Bertz CT molecular complexity index is 1080. The number of hydrogen-bond donors (Lipinski definition) is 0. The molecule has 1 aliphatic heterocycles. The van der Waals surface area contributed by atoms with E-state index >= 15 is 0 Å². The molecular weight excluding hydrogens is 358 g/mol. The molecule has 3 aromatic carbocycles. The minimum Gasteiger partial charge on any atom is -0.268 e. The summed E-state index contributed by atoms with van der Waals surface area (Å²) in [6.07, 6.45) is 1.95. The molecule has 3 aromatic rings. The predicted molar refractivity (Wildman–Crippen MR) is 116 cm³/mol. The normalized spacial score (nSPS) is 16.1. The average Bonchev–Trinajstić information content (AvgIpc) is 2.91. The van der Waals surface area contributed by atoms with Gasteiger partial charge in [-0.1, -0.05) is 72.5 Å². The number of benzene rings is 3. The van der Waals surface area contributed by atoms with Crippen LogP contribution in [0.3, 0.4) is 0 Å². The second kappa shape index (κ2) is 6.71. The molecule has 1 fully saturated rings. The third kappa shape index (κ3) is 2.96. The van der Waals surface area contributed by atoms with Gasteiger partial charge in [0.05, 0.1) is 10.6 Å². The minimum atomic E-state index is -0.0591. The van der Waals surface area contributed by atoms with Gasteiger partial charge in [-0.05, 0) is 59.5 Å². The van der Waals surface area contributed by atoms with Crippen LogP contribution in [0, 0.1) is 13.8 Å². The molecule has 0 atom stereocenters. The number of nitrogens with zero attached hydrogens (tertiary/aromatic N) is 1. The second-order valence-electron chi connectivity index (χ2n) is 6.35. The Morgan fingerprint density at radius 1 is 0.962 bits per heavy atom. The summed E-state index contributed by atoms with van der Waals surface area (Å²) in [7, 11) is 0. The molecule has 0 N–H and O–H groups in total. The van der Waals surface area contributed by atoms with Crippen molar-refractivity contribution in [3.8, 4) is 0 Å². The van der Waals surface area contributed by atoms with Crippen molar-refractivity contribution < 1.29 is 4.79 Å². The van der Waals surface area contributed by atoms with Crippen LogP contribution in [0.5, 0.6) is 0 Å². The molecule has 4 rings (SSSR count). The van der Waals surface area contributed by atoms with E-state index in [1.165, 1.54) is 17.3 Å². The molecule has 0 saturated carbocycles. The lowest BCUT2D eigenvalue weighted by molar-refractivity contribution is -0.113. The van der Waals surface area contributed by atoms with E-state index in [1.807, 2.05) is 55.5 Å². The fourth-order valence-corrected chi connectivity index (χ4v) is 4.36. The lowest BCUT2D eigenvalue weighted by Crippen LogP contribution is -2.27. The van der Waals surface area contributed by atoms with Crippen LogP contribution >= 0.6 is 24.0 Å². The molecule has 0 radical (unpaired) electrons. The first kappa shape index (κ1) is 17.0. The molecule has 0 unspecified atom stereocenters. The first-order valence-corrected chi connectivity index (χ1v) is 9.60. The summed E-state index contributed by atoms with van der Waals surface area (Å²) in [6, 6.07) is 20.3. The fourth-order valence-electron chi connectivity index (χ4n) is 3.07. The zero-order valence-electron chi connectivity index (χ0n) is 14.5. The SMILES string of the molecule is Cc1ccc(N2C(=O)/C(=C/c3cccc4ccccc34)SC2=S)cc1C. The van der Waals surface area contributed by atoms with Gasteiger partial charge in [-0.25, -0.2) is 0 Å². The molecular formula is C22H17NOS2. The summed E-state index contributed by atoms with van der Waals surface area (Å²) in [5.41, 5.74) is 4.21. The van der Waals surface area contributed by atoms with Crippen LogP contribution in [-0.4, -0.2) is 10.2 Å². The molecule has 1 amide bonds. The lowest BCUT2D eigenvalue weighted by Gasteiger charge is -2.16. The van der Waals surface area contributed by atoms with Crippen LogP contribution in [0.15, 0.2) is 65.6 Å². The molecule has 1 saturated heterocycles. The maximum absolute atomic E-state index is 13.0. The van der Waals surface area contributed by atoms with E-state index in [9.17, 15) is 4.79 Å². The van der Waals surface area contributed by atoms with Crippen molar-refractivity contribution in [2.24, 2.45) is 0 Å². The van der Waals surface area contributed by atoms with Crippen LogP contribution < -0.4 is 4.90 Å². The van der Waals surface area contributed by atoms with Crippen LogP contribution in [0.2, 0.25) is 0 Å². The summed E-state index contributed by atoms with van der Waals surface area (Å²) in [5.74, 6) is -0.0591. The fraction of sp³-hybridized carbons (Fsp3) is 0.0909. The van der Waals surface area contributed by atoms with E-state index in [1.54, 1.807) is 4.90 Å². The van der Waals surface area contributed by atoms with E-state index in [2.05, 4.69) is 25.1 Å². The Morgan fingerprint density at radius 2 is 1.73 bits per heavy atom. The first-order valence-electron chi connectivity index (χ1n) is 8.37. The molecule has 128 valence electrons. The summed E-state index contributed by atoms with van der Waals surface area (Å²) < 4.78 is 0.574. The maximum atomic E-state index is 13.0. The zero-order chi connectivity index (χ0) is 18.3. The minimum absolute atomic E-state index is 0.0591. The van der Waals surface area contributed by atoms with Crippen molar-refractivity contribution in [3.63, 3.8) is 0 Å². The molecule has 2 nitrogen and oxygen atoms in total. The third-order valence-corrected chi connectivity index (χ3v) is 5.95. The monoisotopic (exact) mass is 375 g/mol. The zero-order valence-corrected chi connectivity index (χ0v) is 16.2. The van der Waals surface area contributed by atoms with Crippen LogP contribution in [-0.2, 0) is 4.79 Å². The summed E-state index contributed by atoms with van der Waals surface area (Å²) >= 11 is 6.85. The van der Waals surface area contributed by atoms with E-state index in [4.69, 9.17) is 12.2 Å².